The third kappa shape index (κ3) is 5.86. The molecule has 7 heteroatoms. The van der Waals surface area contributed by atoms with Crippen LogP contribution in [0.25, 0.3) is 11.1 Å². The summed E-state index contributed by atoms with van der Waals surface area (Å²) in [6.07, 6.45) is 6.80. The lowest BCUT2D eigenvalue weighted by Gasteiger charge is -2.27. The highest BCUT2D eigenvalue weighted by atomic mass is 16.4. The molecule has 0 aliphatic heterocycles. The summed E-state index contributed by atoms with van der Waals surface area (Å²) in [6, 6.07) is 12.6. The minimum Gasteiger partial charge on any atom is -0.481 e. The molecule has 0 radical (unpaired) electrons. The van der Waals surface area contributed by atoms with Crippen molar-refractivity contribution < 1.29 is 9.90 Å². The maximum absolute atomic E-state index is 11.1. The number of benzene rings is 1. The van der Waals surface area contributed by atoms with E-state index < -0.39 is 5.97 Å². The van der Waals surface area contributed by atoms with Crippen molar-refractivity contribution in [2.24, 2.45) is 5.92 Å². The molecule has 0 bridgehead atoms. The van der Waals surface area contributed by atoms with E-state index >= 15 is 0 Å². The smallest absolute Gasteiger partial charge is 0.306 e. The van der Waals surface area contributed by atoms with Gasteiger partial charge in [0.2, 0.25) is 5.95 Å². The molecule has 1 saturated carbocycles. The number of aryl methyl sites for hydroxylation is 1. The fourth-order valence-electron chi connectivity index (χ4n) is 4.25. The van der Waals surface area contributed by atoms with Gasteiger partial charge in [-0.2, -0.15) is 0 Å². The number of carbonyl (C=O) groups is 1. The second-order valence-corrected chi connectivity index (χ2v) is 9.14. The van der Waals surface area contributed by atoms with Crippen LogP contribution in [0.3, 0.4) is 0 Å². The van der Waals surface area contributed by atoms with E-state index in [-0.39, 0.29) is 12.0 Å². The Labute approximate surface area is 194 Å². The number of aliphatic carboxylic acids is 1. The first kappa shape index (κ1) is 22.7. The molecular formula is C26H31N5O2. The van der Waals surface area contributed by atoms with Crippen LogP contribution in [0.1, 0.15) is 56.7 Å². The molecule has 33 heavy (non-hydrogen) atoms. The average molecular weight is 446 g/mol. The Morgan fingerprint density at radius 1 is 1.03 bits per heavy atom. The predicted molar refractivity (Wildman–Crippen MR) is 131 cm³/mol. The summed E-state index contributed by atoms with van der Waals surface area (Å²) in [6.45, 7) is 6.30. The Hall–Kier alpha value is -3.48. The number of carboxylic acids is 1. The number of rotatable bonds is 7. The number of hydrogen-bond acceptors (Lipinski definition) is 6. The topological polar surface area (TPSA) is 100 Å². The summed E-state index contributed by atoms with van der Waals surface area (Å²) >= 11 is 0. The van der Waals surface area contributed by atoms with E-state index in [9.17, 15) is 4.79 Å². The molecule has 3 aromatic rings. The molecule has 0 unspecified atom stereocenters. The molecule has 4 rings (SSSR count). The highest BCUT2D eigenvalue weighted by Crippen LogP contribution is 2.29. The second-order valence-electron chi connectivity index (χ2n) is 9.14. The van der Waals surface area contributed by atoms with Gasteiger partial charge in [-0.05, 0) is 80.0 Å². The van der Waals surface area contributed by atoms with Crippen molar-refractivity contribution in [2.45, 2.75) is 58.4 Å². The molecule has 1 aliphatic rings. The number of carboxylic acid groups (broad SMARTS) is 1. The number of anilines is 3. The monoisotopic (exact) mass is 445 g/mol. The van der Waals surface area contributed by atoms with Gasteiger partial charge < -0.3 is 15.7 Å². The van der Waals surface area contributed by atoms with Gasteiger partial charge in [-0.15, -0.1) is 0 Å². The molecule has 1 fully saturated rings. The fraction of sp³-hybridized carbons (Fsp3) is 0.385. The minimum atomic E-state index is -0.679. The van der Waals surface area contributed by atoms with Crippen LogP contribution in [0.4, 0.5) is 17.5 Å². The summed E-state index contributed by atoms with van der Waals surface area (Å²) in [5.41, 5.74) is 5.16. The zero-order valence-corrected chi connectivity index (χ0v) is 19.4. The fourth-order valence-corrected chi connectivity index (χ4v) is 4.25. The third-order valence-corrected chi connectivity index (χ3v) is 6.13. The van der Waals surface area contributed by atoms with Crippen LogP contribution in [0.5, 0.6) is 0 Å². The zero-order valence-electron chi connectivity index (χ0n) is 19.4. The van der Waals surface area contributed by atoms with Crippen molar-refractivity contribution in [1.82, 2.24) is 15.0 Å². The highest BCUT2D eigenvalue weighted by molar-refractivity contribution is 5.71. The lowest BCUT2D eigenvalue weighted by atomic mass is 9.86. The van der Waals surface area contributed by atoms with Gasteiger partial charge in [0.15, 0.2) is 0 Å². The summed E-state index contributed by atoms with van der Waals surface area (Å²) in [4.78, 5) is 24.7. The SMILES string of the molecule is Cc1cc(Nc2nccc(C(C)C)n2)cc(-c2ccc(N[C@H]3CC[C@H](C(=O)O)CC3)nc2)c1. The van der Waals surface area contributed by atoms with Crippen molar-refractivity contribution >= 4 is 23.4 Å². The first-order chi connectivity index (χ1) is 15.9. The average Bonchev–Trinajstić information content (AvgIpc) is 2.80. The molecule has 0 atom stereocenters. The number of nitrogens with zero attached hydrogens (tertiary/aromatic N) is 3. The Morgan fingerprint density at radius 3 is 2.48 bits per heavy atom. The van der Waals surface area contributed by atoms with Gasteiger partial charge in [0, 0.05) is 35.4 Å². The van der Waals surface area contributed by atoms with Crippen molar-refractivity contribution in [2.75, 3.05) is 10.6 Å². The van der Waals surface area contributed by atoms with E-state index in [1.807, 2.05) is 18.3 Å². The van der Waals surface area contributed by atoms with Crippen molar-refractivity contribution in [1.29, 1.82) is 0 Å². The maximum atomic E-state index is 11.1. The molecule has 0 saturated heterocycles. The molecule has 2 aromatic heterocycles. The number of aromatic nitrogens is 3. The van der Waals surface area contributed by atoms with Gasteiger partial charge >= 0.3 is 5.97 Å². The van der Waals surface area contributed by atoms with Crippen LogP contribution in [-0.4, -0.2) is 32.1 Å². The van der Waals surface area contributed by atoms with Crippen molar-refractivity contribution in [3.8, 4) is 11.1 Å². The Balaban J connectivity index is 1.44. The summed E-state index contributed by atoms with van der Waals surface area (Å²) in [5, 5.41) is 16.0. The Bertz CT molecular complexity index is 1110. The Kier molecular flexibility index (Phi) is 6.87. The first-order valence-electron chi connectivity index (χ1n) is 11.5. The maximum Gasteiger partial charge on any atom is 0.306 e. The molecule has 1 aromatic carbocycles. The number of nitrogens with one attached hydrogen (secondary N) is 2. The highest BCUT2D eigenvalue weighted by Gasteiger charge is 2.25. The summed E-state index contributed by atoms with van der Waals surface area (Å²) < 4.78 is 0. The van der Waals surface area contributed by atoms with Gasteiger partial charge in [0.25, 0.3) is 0 Å². The molecule has 3 N–H and O–H groups in total. The van der Waals surface area contributed by atoms with Gasteiger partial charge in [0.1, 0.15) is 5.82 Å². The number of pyridine rings is 1. The molecule has 0 amide bonds. The molecule has 2 heterocycles. The molecular weight excluding hydrogens is 414 g/mol. The second kappa shape index (κ2) is 9.98. The lowest BCUT2D eigenvalue weighted by molar-refractivity contribution is -0.142. The third-order valence-electron chi connectivity index (χ3n) is 6.13. The van der Waals surface area contributed by atoms with E-state index in [1.165, 1.54) is 0 Å². The molecule has 7 nitrogen and oxygen atoms in total. The van der Waals surface area contributed by atoms with E-state index in [2.05, 4.69) is 70.6 Å². The van der Waals surface area contributed by atoms with Gasteiger partial charge in [-0.25, -0.2) is 15.0 Å². The molecule has 172 valence electrons. The Morgan fingerprint density at radius 2 is 1.82 bits per heavy atom. The van der Waals surface area contributed by atoms with E-state index in [0.29, 0.717) is 24.7 Å². The standard InChI is InChI=1S/C26H31N5O2/c1-16(2)23-10-11-27-26(31-23)30-22-13-17(3)12-20(14-22)19-6-9-24(28-15-19)29-21-7-4-18(5-8-21)25(32)33/h6,9-16,18,21H,4-5,7-8H2,1-3H3,(H,28,29)(H,32,33)(H,27,30,31)/t18-,21-. The van der Waals surface area contributed by atoms with E-state index in [1.54, 1.807) is 6.20 Å². The van der Waals surface area contributed by atoms with Crippen LogP contribution in [0.15, 0.2) is 48.8 Å². The molecule has 0 spiro atoms. The van der Waals surface area contributed by atoms with Gasteiger partial charge in [-0.1, -0.05) is 19.9 Å². The van der Waals surface area contributed by atoms with Crippen LogP contribution in [0, 0.1) is 12.8 Å². The quantitative estimate of drug-likeness (QED) is 0.424. The van der Waals surface area contributed by atoms with Gasteiger partial charge in [0.05, 0.1) is 5.92 Å². The van der Waals surface area contributed by atoms with E-state index in [4.69, 9.17) is 5.11 Å². The zero-order chi connectivity index (χ0) is 23.4. The van der Waals surface area contributed by atoms with Crippen molar-refractivity contribution in [3.05, 3.63) is 60.0 Å². The molecule has 1 aliphatic carbocycles. The predicted octanol–water partition coefficient (Wildman–Crippen LogP) is 5.77. The van der Waals surface area contributed by atoms with Crippen LogP contribution in [-0.2, 0) is 4.79 Å². The van der Waals surface area contributed by atoms with Gasteiger partial charge in [-0.3, -0.25) is 4.79 Å². The summed E-state index contributed by atoms with van der Waals surface area (Å²) in [7, 11) is 0. The first-order valence-corrected chi connectivity index (χ1v) is 11.5. The van der Waals surface area contributed by atoms with Crippen LogP contribution < -0.4 is 10.6 Å². The normalized spacial score (nSPS) is 18.2. The van der Waals surface area contributed by atoms with E-state index in [0.717, 1.165) is 46.7 Å². The lowest BCUT2D eigenvalue weighted by Crippen LogP contribution is -2.29. The largest absolute Gasteiger partial charge is 0.481 e. The van der Waals surface area contributed by atoms with Crippen LogP contribution in [0.2, 0.25) is 0 Å². The van der Waals surface area contributed by atoms with Crippen LogP contribution >= 0.6 is 0 Å². The summed E-state index contributed by atoms with van der Waals surface area (Å²) in [5.74, 6) is 0.866. The minimum absolute atomic E-state index is 0.208. The van der Waals surface area contributed by atoms with Crippen molar-refractivity contribution in [3.63, 3.8) is 0 Å². The number of hydrogen-bond donors (Lipinski definition) is 3.